The van der Waals surface area contributed by atoms with E-state index in [-0.39, 0.29) is 5.75 Å². The van der Waals surface area contributed by atoms with Crippen LogP contribution in [0.3, 0.4) is 0 Å². The molecule has 3 nitrogen and oxygen atoms in total. The minimum Gasteiger partial charge on any atom is -0.565 e. The summed E-state index contributed by atoms with van der Waals surface area (Å²) in [6.45, 7) is 1.63. The fourth-order valence-electron chi connectivity index (χ4n) is 1.62. The average Bonchev–Trinajstić information content (AvgIpc) is 2.19. The SMILES string of the molecule is [B]Oc1ccc2c(c1O)CNCC2. The van der Waals surface area contributed by atoms with Crippen molar-refractivity contribution in [2.45, 2.75) is 13.0 Å². The molecule has 2 radical (unpaired) electrons. The zero-order valence-electron chi connectivity index (χ0n) is 7.21. The van der Waals surface area contributed by atoms with Gasteiger partial charge < -0.3 is 15.1 Å². The van der Waals surface area contributed by atoms with E-state index in [0.29, 0.717) is 12.3 Å². The van der Waals surface area contributed by atoms with Gasteiger partial charge in [0.1, 0.15) is 5.75 Å². The summed E-state index contributed by atoms with van der Waals surface area (Å²) in [6.07, 6.45) is 0.938. The minimum absolute atomic E-state index is 0.159. The average molecular weight is 175 g/mol. The van der Waals surface area contributed by atoms with Gasteiger partial charge in [0.2, 0.25) is 0 Å². The Morgan fingerprint density at radius 3 is 3.08 bits per heavy atom. The lowest BCUT2D eigenvalue weighted by molar-refractivity contribution is 0.432. The molecule has 0 aliphatic carbocycles. The third-order valence-corrected chi connectivity index (χ3v) is 2.34. The number of phenolic OH excluding ortho intramolecular Hbond substituents is 1. The molecule has 1 aliphatic rings. The first kappa shape index (κ1) is 8.44. The lowest BCUT2D eigenvalue weighted by Crippen LogP contribution is -2.23. The molecule has 0 saturated heterocycles. The molecular formula is C9H10BNO2. The second kappa shape index (κ2) is 3.30. The van der Waals surface area contributed by atoms with E-state index in [1.54, 1.807) is 6.07 Å². The molecule has 0 spiro atoms. The van der Waals surface area contributed by atoms with Crippen molar-refractivity contribution in [3.05, 3.63) is 23.3 Å². The highest BCUT2D eigenvalue weighted by molar-refractivity contribution is 6.00. The van der Waals surface area contributed by atoms with Crippen LogP contribution in [0.15, 0.2) is 12.1 Å². The van der Waals surface area contributed by atoms with Crippen LogP contribution in [-0.2, 0) is 13.0 Å². The molecule has 0 saturated carbocycles. The van der Waals surface area contributed by atoms with Crippen molar-refractivity contribution in [3.63, 3.8) is 0 Å². The largest absolute Gasteiger partial charge is 0.565 e. The highest BCUT2D eigenvalue weighted by Crippen LogP contribution is 2.33. The quantitative estimate of drug-likeness (QED) is 0.610. The Balaban J connectivity index is 2.48. The molecule has 1 aromatic carbocycles. The van der Waals surface area contributed by atoms with E-state index in [4.69, 9.17) is 8.05 Å². The molecule has 0 atom stereocenters. The minimum atomic E-state index is 0.159. The van der Waals surface area contributed by atoms with Crippen molar-refractivity contribution in [2.75, 3.05) is 6.54 Å². The molecule has 0 unspecified atom stereocenters. The first-order valence-electron chi connectivity index (χ1n) is 4.24. The standard InChI is InChI=1S/C9H10BNO2/c10-13-8-2-1-6-3-4-11-5-7(6)9(8)12/h1-2,11-12H,3-5H2. The number of benzene rings is 1. The molecule has 4 heteroatoms. The maximum absolute atomic E-state index is 9.69. The van der Waals surface area contributed by atoms with Crippen LogP contribution < -0.4 is 9.97 Å². The van der Waals surface area contributed by atoms with Crippen molar-refractivity contribution in [3.8, 4) is 11.5 Å². The number of hydrogen-bond acceptors (Lipinski definition) is 3. The van der Waals surface area contributed by atoms with Crippen molar-refractivity contribution in [1.82, 2.24) is 5.32 Å². The van der Waals surface area contributed by atoms with Gasteiger partial charge in [0.25, 0.3) is 0 Å². The molecule has 66 valence electrons. The second-order valence-corrected chi connectivity index (χ2v) is 3.09. The Labute approximate surface area is 78.2 Å². The van der Waals surface area contributed by atoms with E-state index >= 15 is 0 Å². The zero-order chi connectivity index (χ0) is 9.26. The molecule has 13 heavy (non-hydrogen) atoms. The summed E-state index contributed by atoms with van der Waals surface area (Å²) in [5.41, 5.74) is 2.06. The molecule has 1 aromatic rings. The first-order chi connectivity index (χ1) is 6.33. The molecule has 1 heterocycles. The Kier molecular flexibility index (Phi) is 2.14. The summed E-state index contributed by atoms with van der Waals surface area (Å²) < 4.78 is 4.53. The van der Waals surface area contributed by atoms with Gasteiger partial charge in [-0.15, -0.1) is 0 Å². The maximum Gasteiger partial charge on any atom is 0.374 e. The van der Waals surface area contributed by atoms with E-state index in [0.717, 1.165) is 24.1 Å². The smallest absolute Gasteiger partial charge is 0.374 e. The van der Waals surface area contributed by atoms with Gasteiger partial charge in [-0.2, -0.15) is 0 Å². The zero-order valence-corrected chi connectivity index (χ0v) is 7.21. The van der Waals surface area contributed by atoms with Crippen molar-refractivity contribution in [1.29, 1.82) is 0 Å². The molecule has 0 aromatic heterocycles. The van der Waals surface area contributed by atoms with Crippen LogP contribution in [0.25, 0.3) is 0 Å². The van der Waals surface area contributed by atoms with Gasteiger partial charge in [0.05, 0.1) is 0 Å². The summed E-state index contributed by atoms with van der Waals surface area (Å²) in [5.74, 6) is 0.495. The topological polar surface area (TPSA) is 41.5 Å². The summed E-state index contributed by atoms with van der Waals surface area (Å²) >= 11 is 0. The number of fused-ring (bicyclic) bond motifs is 1. The number of nitrogens with one attached hydrogen (secondary N) is 1. The Morgan fingerprint density at radius 1 is 1.46 bits per heavy atom. The number of hydrogen-bond donors (Lipinski definition) is 2. The van der Waals surface area contributed by atoms with Crippen molar-refractivity contribution in [2.24, 2.45) is 0 Å². The normalized spacial score (nSPS) is 15.1. The highest BCUT2D eigenvalue weighted by atomic mass is 16.4. The van der Waals surface area contributed by atoms with Gasteiger partial charge >= 0.3 is 8.05 Å². The van der Waals surface area contributed by atoms with Gasteiger partial charge in [-0.25, -0.2) is 0 Å². The fourth-order valence-corrected chi connectivity index (χ4v) is 1.62. The van der Waals surface area contributed by atoms with Crippen molar-refractivity contribution < 1.29 is 9.76 Å². The Morgan fingerprint density at radius 2 is 2.31 bits per heavy atom. The molecule has 0 bridgehead atoms. The van der Waals surface area contributed by atoms with E-state index < -0.39 is 0 Å². The summed E-state index contributed by atoms with van der Waals surface area (Å²) in [7, 11) is 5.00. The van der Waals surface area contributed by atoms with E-state index in [1.165, 1.54) is 0 Å². The first-order valence-corrected chi connectivity index (χ1v) is 4.24. The van der Waals surface area contributed by atoms with Crippen molar-refractivity contribution >= 4 is 8.05 Å². The third kappa shape index (κ3) is 1.37. The van der Waals surface area contributed by atoms with E-state index in [1.807, 2.05) is 6.07 Å². The van der Waals surface area contributed by atoms with Gasteiger partial charge in [-0.3, -0.25) is 0 Å². The second-order valence-electron chi connectivity index (χ2n) is 3.09. The molecular weight excluding hydrogens is 165 g/mol. The van der Waals surface area contributed by atoms with Gasteiger partial charge in [-0.05, 0) is 24.6 Å². The number of aromatic hydroxyl groups is 1. The summed E-state index contributed by atoms with van der Waals surface area (Å²) in [5, 5.41) is 12.9. The molecule has 1 aliphatic heterocycles. The van der Waals surface area contributed by atoms with Crippen LogP contribution >= 0.6 is 0 Å². The lowest BCUT2D eigenvalue weighted by Gasteiger charge is -2.19. The Hall–Kier alpha value is -1.16. The van der Waals surface area contributed by atoms with Crippen LogP contribution in [-0.4, -0.2) is 19.7 Å². The van der Waals surface area contributed by atoms with Gasteiger partial charge in [0.15, 0.2) is 5.75 Å². The fraction of sp³-hybridized carbons (Fsp3) is 0.333. The molecule has 2 rings (SSSR count). The predicted molar refractivity (Wildman–Crippen MR) is 49.9 cm³/mol. The summed E-state index contributed by atoms with van der Waals surface area (Å²) in [6, 6.07) is 3.64. The van der Waals surface area contributed by atoms with Crippen LogP contribution in [0, 0.1) is 0 Å². The monoisotopic (exact) mass is 175 g/mol. The van der Waals surface area contributed by atoms with Crippen LogP contribution in [0.5, 0.6) is 11.5 Å². The highest BCUT2D eigenvalue weighted by Gasteiger charge is 2.15. The lowest BCUT2D eigenvalue weighted by atomic mass is 9.99. The van der Waals surface area contributed by atoms with Gasteiger partial charge in [-0.1, -0.05) is 6.07 Å². The number of rotatable bonds is 1. The molecule has 2 N–H and O–H groups in total. The van der Waals surface area contributed by atoms with Crippen LogP contribution in [0.4, 0.5) is 0 Å². The van der Waals surface area contributed by atoms with Gasteiger partial charge in [0, 0.05) is 12.1 Å². The predicted octanol–water partition coefficient (Wildman–Crippen LogP) is 0.500. The summed E-state index contributed by atoms with van der Waals surface area (Å²) in [4.78, 5) is 0. The van der Waals surface area contributed by atoms with Crippen LogP contribution in [0.1, 0.15) is 11.1 Å². The maximum atomic E-state index is 9.69. The number of phenols is 1. The molecule has 0 amide bonds. The van der Waals surface area contributed by atoms with E-state index in [9.17, 15) is 5.11 Å². The van der Waals surface area contributed by atoms with E-state index in [2.05, 4.69) is 9.97 Å². The van der Waals surface area contributed by atoms with Crippen LogP contribution in [0.2, 0.25) is 0 Å². The third-order valence-electron chi connectivity index (χ3n) is 2.34. The molecule has 0 fully saturated rings. The Bertz CT molecular complexity index is 328.